The molecule has 20 heavy (non-hydrogen) atoms. The summed E-state index contributed by atoms with van der Waals surface area (Å²) in [6, 6.07) is 2.82. The molecule has 1 amide bonds. The Kier molecular flexibility index (Phi) is 4.01. The summed E-state index contributed by atoms with van der Waals surface area (Å²) in [5.74, 6) is -4.48. The van der Waals surface area contributed by atoms with Gasteiger partial charge >= 0.3 is 5.97 Å². The van der Waals surface area contributed by atoms with Gasteiger partial charge in [0.1, 0.15) is 11.6 Å². The molecule has 0 aliphatic heterocycles. The summed E-state index contributed by atoms with van der Waals surface area (Å²) in [6.07, 6.45) is 0.880. The van der Waals surface area contributed by atoms with Crippen LogP contribution in [0.5, 0.6) is 0 Å². The average Bonchev–Trinajstić information content (AvgIpc) is 2.75. The average molecular weight is 283 g/mol. The number of rotatable bonds is 3. The number of amides is 1. The van der Waals surface area contributed by atoms with Gasteiger partial charge in [0.25, 0.3) is 0 Å². The number of nitrogens with one attached hydrogen (secondary N) is 1. The molecule has 0 bridgehead atoms. The maximum Gasteiger partial charge on any atom is 0.307 e. The Bertz CT molecular complexity index is 547. The fourth-order valence-corrected chi connectivity index (χ4v) is 2.67. The van der Waals surface area contributed by atoms with Gasteiger partial charge in [0.05, 0.1) is 17.5 Å². The van der Waals surface area contributed by atoms with Crippen LogP contribution in [0.2, 0.25) is 0 Å². The zero-order chi connectivity index (χ0) is 14.9. The van der Waals surface area contributed by atoms with Crippen LogP contribution in [-0.4, -0.2) is 17.0 Å². The van der Waals surface area contributed by atoms with Crippen LogP contribution in [0.3, 0.4) is 0 Å². The van der Waals surface area contributed by atoms with Crippen molar-refractivity contribution in [2.24, 2.45) is 17.8 Å². The molecule has 0 saturated heterocycles. The highest BCUT2D eigenvalue weighted by molar-refractivity contribution is 5.95. The van der Waals surface area contributed by atoms with Gasteiger partial charge in [0.15, 0.2) is 0 Å². The minimum Gasteiger partial charge on any atom is -0.481 e. The van der Waals surface area contributed by atoms with E-state index in [1.165, 1.54) is 0 Å². The Morgan fingerprint density at radius 3 is 2.50 bits per heavy atom. The number of anilines is 1. The Morgan fingerprint density at radius 1 is 1.25 bits per heavy atom. The van der Waals surface area contributed by atoms with Crippen LogP contribution in [0.25, 0.3) is 0 Å². The zero-order valence-electron chi connectivity index (χ0n) is 10.9. The summed E-state index contributed by atoms with van der Waals surface area (Å²) < 4.78 is 26.2. The van der Waals surface area contributed by atoms with E-state index >= 15 is 0 Å². The summed E-state index contributed by atoms with van der Waals surface area (Å²) in [4.78, 5) is 23.2. The largest absolute Gasteiger partial charge is 0.481 e. The lowest BCUT2D eigenvalue weighted by atomic mass is 9.95. The molecule has 3 unspecified atom stereocenters. The molecule has 4 nitrogen and oxygen atoms in total. The van der Waals surface area contributed by atoms with Crippen LogP contribution < -0.4 is 5.32 Å². The maximum absolute atomic E-state index is 13.5. The predicted octanol–water partition coefficient (Wildman–Crippen LogP) is 2.65. The van der Waals surface area contributed by atoms with Gasteiger partial charge in [-0.1, -0.05) is 6.92 Å². The van der Waals surface area contributed by atoms with E-state index in [1.807, 2.05) is 6.92 Å². The van der Waals surface area contributed by atoms with E-state index in [4.69, 9.17) is 5.11 Å². The lowest BCUT2D eigenvalue weighted by Gasteiger charge is -2.15. The molecule has 0 spiro atoms. The van der Waals surface area contributed by atoms with Gasteiger partial charge in [-0.05, 0) is 30.9 Å². The Morgan fingerprint density at radius 2 is 1.90 bits per heavy atom. The molecular weight excluding hydrogens is 268 g/mol. The number of aliphatic carboxylic acids is 1. The molecule has 2 rings (SSSR count). The van der Waals surface area contributed by atoms with E-state index in [0.717, 1.165) is 12.1 Å². The molecule has 3 atom stereocenters. The van der Waals surface area contributed by atoms with Crippen molar-refractivity contribution in [3.05, 3.63) is 29.8 Å². The first-order chi connectivity index (χ1) is 9.38. The monoisotopic (exact) mass is 283 g/mol. The lowest BCUT2D eigenvalue weighted by molar-refractivity contribution is -0.145. The van der Waals surface area contributed by atoms with Crippen LogP contribution in [0.4, 0.5) is 14.5 Å². The molecule has 1 aliphatic carbocycles. The maximum atomic E-state index is 13.5. The number of carboxylic acid groups (broad SMARTS) is 1. The highest BCUT2D eigenvalue weighted by Crippen LogP contribution is 2.37. The summed E-state index contributed by atoms with van der Waals surface area (Å²) >= 11 is 0. The first kappa shape index (κ1) is 14.4. The fraction of sp³-hybridized carbons (Fsp3) is 0.429. The van der Waals surface area contributed by atoms with Crippen molar-refractivity contribution in [2.75, 3.05) is 5.32 Å². The van der Waals surface area contributed by atoms with Gasteiger partial charge in [0.2, 0.25) is 5.91 Å². The molecule has 108 valence electrons. The number of benzene rings is 1. The third kappa shape index (κ3) is 2.95. The van der Waals surface area contributed by atoms with E-state index < -0.39 is 35.3 Å². The highest BCUT2D eigenvalue weighted by atomic mass is 19.1. The normalized spacial score (nSPS) is 25.4. The molecule has 1 aromatic carbocycles. The van der Waals surface area contributed by atoms with Crippen LogP contribution in [-0.2, 0) is 9.59 Å². The highest BCUT2D eigenvalue weighted by Gasteiger charge is 2.41. The third-order valence-corrected chi connectivity index (χ3v) is 3.64. The van der Waals surface area contributed by atoms with Crippen molar-refractivity contribution >= 4 is 17.6 Å². The molecule has 6 heteroatoms. The van der Waals surface area contributed by atoms with E-state index in [0.29, 0.717) is 18.9 Å². The number of hydrogen-bond donors (Lipinski definition) is 2. The van der Waals surface area contributed by atoms with Gasteiger partial charge < -0.3 is 10.4 Å². The molecule has 0 heterocycles. The molecular formula is C14H15F2NO3. The molecule has 0 aromatic heterocycles. The standard InChI is InChI=1S/C14H15F2NO3/c1-7-4-9(10(5-7)14(19)20)13(18)17-12-3-2-8(15)6-11(12)16/h2-3,6-7,9-10H,4-5H2,1H3,(H,17,18)(H,19,20). The molecule has 1 aliphatic rings. The van der Waals surface area contributed by atoms with Gasteiger partial charge in [0, 0.05) is 6.07 Å². The second kappa shape index (κ2) is 5.56. The Labute approximate surface area is 114 Å². The van der Waals surface area contributed by atoms with E-state index in [2.05, 4.69) is 5.32 Å². The van der Waals surface area contributed by atoms with Gasteiger partial charge in [-0.2, -0.15) is 0 Å². The number of carbonyl (C=O) groups is 2. The van der Waals surface area contributed by atoms with Crippen molar-refractivity contribution in [1.29, 1.82) is 0 Å². The number of carbonyl (C=O) groups excluding carboxylic acids is 1. The second-order valence-corrected chi connectivity index (χ2v) is 5.24. The molecule has 2 N–H and O–H groups in total. The zero-order valence-corrected chi connectivity index (χ0v) is 10.9. The topological polar surface area (TPSA) is 66.4 Å². The molecule has 0 radical (unpaired) electrons. The van der Waals surface area contributed by atoms with E-state index in [1.54, 1.807) is 0 Å². The summed E-state index contributed by atoms with van der Waals surface area (Å²) in [5.41, 5.74) is -0.139. The minimum atomic E-state index is -1.02. The van der Waals surface area contributed by atoms with E-state index in [9.17, 15) is 18.4 Å². The minimum absolute atomic E-state index is 0.130. The van der Waals surface area contributed by atoms with Gasteiger partial charge in [-0.15, -0.1) is 0 Å². The van der Waals surface area contributed by atoms with Gasteiger partial charge in [-0.3, -0.25) is 9.59 Å². The summed E-state index contributed by atoms with van der Waals surface area (Å²) in [7, 11) is 0. The van der Waals surface area contributed by atoms with Crippen LogP contribution in [0, 0.1) is 29.4 Å². The van der Waals surface area contributed by atoms with Crippen LogP contribution >= 0.6 is 0 Å². The summed E-state index contributed by atoms with van der Waals surface area (Å²) in [5, 5.41) is 11.4. The third-order valence-electron chi connectivity index (χ3n) is 3.64. The fourth-order valence-electron chi connectivity index (χ4n) is 2.67. The van der Waals surface area contributed by atoms with E-state index in [-0.39, 0.29) is 11.6 Å². The Balaban J connectivity index is 2.13. The Hall–Kier alpha value is -1.98. The predicted molar refractivity (Wildman–Crippen MR) is 68.0 cm³/mol. The second-order valence-electron chi connectivity index (χ2n) is 5.24. The summed E-state index contributed by atoms with van der Waals surface area (Å²) in [6.45, 7) is 1.88. The lowest BCUT2D eigenvalue weighted by Crippen LogP contribution is -2.30. The molecule has 1 saturated carbocycles. The first-order valence-corrected chi connectivity index (χ1v) is 6.37. The molecule has 1 fully saturated rings. The van der Waals surface area contributed by atoms with Crippen molar-refractivity contribution in [3.63, 3.8) is 0 Å². The number of halogens is 2. The SMILES string of the molecule is CC1CC(C(=O)O)C(C(=O)Nc2ccc(F)cc2F)C1. The van der Waals surface area contributed by atoms with Crippen molar-refractivity contribution in [3.8, 4) is 0 Å². The number of hydrogen-bond acceptors (Lipinski definition) is 2. The van der Waals surface area contributed by atoms with Crippen LogP contribution in [0.1, 0.15) is 19.8 Å². The van der Waals surface area contributed by atoms with Crippen LogP contribution in [0.15, 0.2) is 18.2 Å². The van der Waals surface area contributed by atoms with Crippen molar-refractivity contribution in [2.45, 2.75) is 19.8 Å². The quantitative estimate of drug-likeness (QED) is 0.896. The van der Waals surface area contributed by atoms with Crippen molar-refractivity contribution in [1.82, 2.24) is 0 Å². The molecule has 1 aromatic rings. The first-order valence-electron chi connectivity index (χ1n) is 6.37. The van der Waals surface area contributed by atoms with Gasteiger partial charge in [-0.25, -0.2) is 8.78 Å². The number of carboxylic acids is 1. The smallest absolute Gasteiger partial charge is 0.307 e. The van der Waals surface area contributed by atoms with Crippen molar-refractivity contribution < 1.29 is 23.5 Å².